The van der Waals surface area contributed by atoms with Crippen LogP contribution in [0.3, 0.4) is 0 Å². The van der Waals surface area contributed by atoms with Crippen LogP contribution >= 0.6 is 22.9 Å². The van der Waals surface area contributed by atoms with Gasteiger partial charge in [-0.3, -0.25) is 4.79 Å². The Morgan fingerprint density at radius 2 is 2.05 bits per heavy atom. The Labute approximate surface area is 128 Å². The molecule has 0 atom stereocenters. The van der Waals surface area contributed by atoms with Gasteiger partial charge >= 0.3 is 6.18 Å². The Morgan fingerprint density at radius 3 is 2.62 bits per heavy atom. The quantitative estimate of drug-likeness (QED) is 0.568. The number of alkyl halides is 3. The van der Waals surface area contributed by atoms with E-state index in [1.165, 1.54) is 4.88 Å². The van der Waals surface area contributed by atoms with Gasteiger partial charge in [0.1, 0.15) is 10.8 Å². The first-order valence-electron chi connectivity index (χ1n) is 6.17. The summed E-state index contributed by atoms with van der Waals surface area (Å²) in [6.07, 6.45) is -2.96. The van der Waals surface area contributed by atoms with Gasteiger partial charge in [0.05, 0.1) is 5.56 Å². The van der Waals surface area contributed by atoms with Gasteiger partial charge < -0.3 is 0 Å². The van der Waals surface area contributed by atoms with Gasteiger partial charge in [-0.15, -0.1) is 11.3 Å². The second-order valence-corrected chi connectivity index (χ2v) is 5.78. The molecule has 2 rings (SSSR count). The van der Waals surface area contributed by atoms with Crippen molar-refractivity contribution in [3.05, 3.63) is 50.9 Å². The van der Waals surface area contributed by atoms with Crippen molar-refractivity contribution in [2.24, 2.45) is 0 Å². The number of halogens is 4. The van der Waals surface area contributed by atoms with E-state index >= 15 is 0 Å². The summed E-state index contributed by atoms with van der Waals surface area (Å²) < 4.78 is 37.4. The summed E-state index contributed by atoms with van der Waals surface area (Å²) in [6, 6.07) is 5.77. The SMILES string of the molecule is O=C(CCCc1cccs1)c1ccc(C(F)(F)F)nc1Cl. The normalized spacial score (nSPS) is 11.6. The van der Waals surface area contributed by atoms with E-state index in [2.05, 4.69) is 4.98 Å². The fourth-order valence-corrected chi connectivity index (χ4v) is 2.82. The van der Waals surface area contributed by atoms with Crippen molar-refractivity contribution in [2.75, 3.05) is 0 Å². The van der Waals surface area contributed by atoms with Crippen LogP contribution in [0, 0.1) is 0 Å². The molecule has 0 amide bonds. The van der Waals surface area contributed by atoms with E-state index in [1.807, 2.05) is 17.5 Å². The Morgan fingerprint density at radius 1 is 1.29 bits per heavy atom. The number of rotatable bonds is 5. The topological polar surface area (TPSA) is 30.0 Å². The van der Waals surface area contributed by atoms with E-state index < -0.39 is 17.0 Å². The highest BCUT2D eigenvalue weighted by Crippen LogP contribution is 2.29. The van der Waals surface area contributed by atoms with Crippen LogP contribution in [0.25, 0.3) is 0 Å². The van der Waals surface area contributed by atoms with Gasteiger partial charge in [0, 0.05) is 11.3 Å². The molecule has 112 valence electrons. The Bertz CT molecular complexity index is 626. The molecule has 0 radical (unpaired) electrons. The van der Waals surface area contributed by atoms with Crippen LogP contribution in [0.4, 0.5) is 13.2 Å². The van der Waals surface area contributed by atoms with Gasteiger partial charge in [0.15, 0.2) is 5.78 Å². The number of hydrogen-bond acceptors (Lipinski definition) is 3. The molecule has 21 heavy (non-hydrogen) atoms. The Hall–Kier alpha value is -1.40. The van der Waals surface area contributed by atoms with Crippen molar-refractivity contribution in [2.45, 2.75) is 25.4 Å². The molecular formula is C14H11ClF3NOS. The van der Waals surface area contributed by atoms with E-state index in [0.717, 1.165) is 18.6 Å². The zero-order valence-electron chi connectivity index (χ0n) is 10.8. The van der Waals surface area contributed by atoms with Gasteiger partial charge in [0.2, 0.25) is 0 Å². The lowest BCUT2D eigenvalue weighted by atomic mass is 10.1. The summed E-state index contributed by atoms with van der Waals surface area (Å²) in [5.74, 6) is -0.294. The number of carbonyl (C=O) groups is 1. The van der Waals surface area contributed by atoms with Gasteiger partial charge in [-0.25, -0.2) is 4.98 Å². The third-order valence-electron chi connectivity index (χ3n) is 2.85. The van der Waals surface area contributed by atoms with Crippen molar-refractivity contribution in [1.29, 1.82) is 0 Å². The molecular weight excluding hydrogens is 323 g/mol. The first kappa shape index (κ1) is 16.0. The third kappa shape index (κ3) is 4.28. The van der Waals surface area contributed by atoms with Crippen molar-refractivity contribution < 1.29 is 18.0 Å². The second kappa shape index (κ2) is 6.58. The number of Topliss-reactive ketones (excluding diaryl/α,β-unsaturated/α-hetero) is 1. The minimum Gasteiger partial charge on any atom is -0.294 e. The summed E-state index contributed by atoms with van der Waals surface area (Å²) in [4.78, 5) is 16.4. The number of thiophene rings is 1. The summed E-state index contributed by atoms with van der Waals surface area (Å²) in [7, 11) is 0. The number of aromatic nitrogens is 1. The van der Waals surface area contributed by atoms with Gasteiger partial charge in [-0.2, -0.15) is 13.2 Å². The largest absolute Gasteiger partial charge is 0.433 e. The molecule has 2 aromatic heterocycles. The highest BCUT2D eigenvalue weighted by Gasteiger charge is 2.33. The van der Waals surface area contributed by atoms with Gasteiger partial charge in [-0.1, -0.05) is 17.7 Å². The van der Waals surface area contributed by atoms with Crippen LogP contribution < -0.4 is 0 Å². The smallest absolute Gasteiger partial charge is 0.294 e. The molecule has 0 fully saturated rings. The standard InChI is InChI=1S/C14H11ClF3NOS/c15-13-10(6-7-12(19-13)14(16,17)18)11(20)5-1-3-9-4-2-8-21-9/h2,4,6-8H,1,3,5H2. The molecule has 0 aromatic carbocycles. The first-order valence-corrected chi connectivity index (χ1v) is 7.43. The highest BCUT2D eigenvalue weighted by molar-refractivity contribution is 7.09. The molecule has 0 aliphatic carbocycles. The maximum absolute atomic E-state index is 12.5. The minimum absolute atomic E-state index is 0.0378. The summed E-state index contributed by atoms with van der Waals surface area (Å²) in [6.45, 7) is 0. The maximum Gasteiger partial charge on any atom is 0.433 e. The summed E-state index contributed by atoms with van der Waals surface area (Å²) in [5, 5.41) is 1.55. The van der Waals surface area contributed by atoms with Crippen molar-refractivity contribution >= 4 is 28.7 Å². The molecule has 0 N–H and O–H groups in total. The molecule has 0 saturated carbocycles. The lowest BCUT2D eigenvalue weighted by Gasteiger charge is -2.08. The third-order valence-corrected chi connectivity index (χ3v) is 4.07. The van der Waals surface area contributed by atoms with Gasteiger partial charge in [0.25, 0.3) is 0 Å². The number of nitrogens with zero attached hydrogens (tertiary/aromatic N) is 1. The van der Waals surface area contributed by atoms with Gasteiger partial charge in [-0.05, 0) is 36.4 Å². The lowest BCUT2D eigenvalue weighted by Crippen LogP contribution is -2.10. The number of carbonyl (C=O) groups excluding carboxylic acids is 1. The van der Waals surface area contributed by atoms with Crippen LogP contribution in [-0.4, -0.2) is 10.8 Å². The predicted octanol–water partition coefficient (Wildman–Crippen LogP) is 5.02. The van der Waals surface area contributed by atoms with Crippen LogP contribution in [-0.2, 0) is 12.6 Å². The number of hydrogen-bond donors (Lipinski definition) is 0. The van der Waals surface area contributed by atoms with E-state index in [0.29, 0.717) is 6.42 Å². The maximum atomic E-state index is 12.5. The van der Waals surface area contributed by atoms with E-state index in [9.17, 15) is 18.0 Å². The number of aryl methyl sites for hydroxylation is 1. The fraction of sp³-hybridized carbons (Fsp3) is 0.286. The highest BCUT2D eigenvalue weighted by atomic mass is 35.5. The van der Waals surface area contributed by atoms with Crippen LogP contribution in [0.2, 0.25) is 5.15 Å². The van der Waals surface area contributed by atoms with Crippen LogP contribution in [0.1, 0.15) is 33.8 Å². The van der Waals surface area contributed by atoms with Crippen molar-refractivity contribution in [3.63, 3.8) is 0 Å². The second-order valence-electron chi connectivity index (χ2n) is 4.39. The Balaban J connectivity index is 1.99. The number of ketones is 1. The fourth-order valence-electron chi connectivity index (χ4n) is 1.81. The van der Waals surface area contributed by atoms with E-state index in [1.54, 1.807) is 11.3 Å². The monoisotopic (exact) mass is 333 g/mol. The van der Waals surface area contributed by atoms with Crippen LogP contribution in [0.5, 0.6) is 0 Å². The zero-order valence-corrected chi connectivity index (χ0v) is 12.4. The predicted molar refractivity (Wildman–Crippen MR) is 75.8 cm³/mol. The van der Waals surface area contributed by atoms with Crippen molar-refractivity contribution in [3.8, 4) is 0 Å². The average Bonchev–Trinajstić information content (AvgIpc) is 2.90. The summed E-state index contributed by atoms with van der Waals surface area (Å²) in [5.41, 5.74) is -1.06. The lowest BCUT2D eigenvalue weighted by molar-refractivity contribution is -0.141. The molecule has 0 bridgehead atoms. The molecule has 2 heterocycles. The zero-order chi connectivity index (χ0) is 15.5. The molecule has 2 aromatic rings. The molecule has 0 saturated heterocycles. The van der Waals surface area contributed by atoms with Crippen LogP contribution in [0.15, 0.2) is 29.6 Å². The number of pyridine rings is 1. The molecule has 2 nitrogen and oxygen atoms in total. The molecule has 0 unspecified atom stereocenters. The molecule has 0 spiro atoms. The molecule has 7 heteroatoms. The first-order chi connectivity index (χ1) is 9.88. The van der Waals surface area contributed by atoms with Crippen molar-refractivity contribution in [1.82, 2.24) is 4.98 Å². The Kier molecular flexibility index (Phi) is 5.00. The summed E-state index contributed by atoms with van der Waals surface area (Å²) >= 11 is 7.28. The minimum atomic E-state index is -4.57. The molecule has 0 aliphatic heterocycles. The average molecular weight is 334 g/mol. The van der Waals surface area contributed by atoms with E-state index in [-0.39, 0.29) is 17.8 Å². The molecule has 0 aliphatic rings. The van der Waals surface area contributed by atoms with E-state index in [4.69, 9.17) is 11.6 Å².